The first-order valence-corrected chi connectivity index (χ1v) is 10.5. The van der Waals surface area contributed by atoms with Crippen molar-refractivity contribution in [3.8, 4) is 0 Å². The van der Waals surface area contributed by atoms with Crippen LogP contribution >= 0.6 is 11.8 Å². The van der Waals surface area contributed by atoms with Gasteiger partial charge in [-0.2, -0.15) is 0 Å². The second-order valence-corrected chi connectivity index (χ2v) is 7.90. The summed E-state index contributed by atoms with van der Waals surface area (Å²) in [6, 6.07) is 21.3. The van der Waals surface area contributed by atoms with Gasteiger partial charge in [0, 0.05) is 31.0 Å². The molecule has 2 amide bonds. The lowest BCUT2D eigenvalue weighted by Gasteiger charge is -2.24. The van der Waals surface area contributed by atoms with Crippen molar-refractivity contribution in [3.63, 3.8) is 0 Å². The van der Waals surface area contributed by atoms with E-state index in [9.17, 15) is 9.59 Å². The van der Waals surface area contributed by atoms with Crippen molar-refractivity contribution in [1.82, 2.24) is 15.2 Å². The summed E-state index contributed by atoms with van der Waals surface area (Å²) in [4.78, 5) is 30.7. The number of amides is 2. The van der Waals surface area contributed by atoms with Crippen molar-refractivity contribution in [1.29, 1.82) is 0 Å². The fraction of sp³-hybridized carbons (Fsp3) is 0.174. The molecule has 1 N–H and O–H groups in total. The Morgan fingerprint density at radius 1 is 1.00 bits per heavy atom. The highest BCUT2D eigenvalue weighted by atomic mass is 32.2. The molecule has 0 aliphatic carbocycles. The molecule has 1 aliphatic rings. The van der Waals surface area contributed by atoms with Crippen LogP contribution in [0.15, 0.2) is 79.1 Å². The van der Waals surface area contributed by atoms with E-state index in [1.54, 1.807) is 24.2 Å². The quantitative estimate of drug-likeness (QED) is 0.680. The maximum Gasteiger partial charge on any atom is 0.251 e. The summed E-state index contributed by atoms with van der Waals surface area (Å²) in [5.41, 5.74) is 3.75. The summed E-state index contributed by atoms with van der Waals surface area (Å²) >= 11 is 1.62. The van der Waals surface area contributed by atoms with Gasteiger partial charge in [-0.15, -0.1) is 11.8 Å². The lowest BCUT2D eigenvalue weighted by molar-refractivity contribution is -0.128. The van der Waals surface area contributed by atoms with Crippen molar-refractivity contribution < 1.29 is 9.59 Å². The summed E-state index contributed by atoms with van der Waals surface area (Å²) < 4.78 is 0. The van der Waals surface area contributed by atoms with Crippen LogP contribution in [0.1, 0.15) is 32.4 Å². The van der Waals surface area contributed by atoms with Gasteiger partial charge in [-0.1, -0.05) is 42.5 Å². The average Bonchev–Trinajstić information content (AvgIpc) is 3.14. The molecule has 2 aromatic carbocycles. The third kappa shape index (κ3) is 4.66. The zero-order chi connectivity index (χ0) is 20.1. The number of nitrogens with zero attached hydrogens (tertiary/aromatic N) is 2. The molecule has 146 valence electrons. The summed E-state index contributed by atoms with van der Waals surface area (Å²) in [6.07, 6.45) is 3.41. The molecular weight excluding hydrogens is 382 g/mol. The Labute approximate surface area is 174 Å². The lowest BCUT2D eigenvalue weighted by atomic mass is 10.1. The zero-order valence-electron chi connectivity index (χ0n) is 15.8. The number of nitrogens with one attached hydrogen (secondary N) is 1. The van der Waals surface area contributed by atoms with Gasteiger partial charge < -0.3 is 10.2 Å². The lowest BCUT2D eigenvalue weighted by Crippen LogP contribution is -2.27. The number of carbonyl (C=O) groups excluding carboxylic acids is 2. The molecule has 1 saturated heterocycles. The third-order valence-corrected chi connectivity index (χ3v) is 6.08. The molecule has 29 heavy (non-hydrogen) atoms. The summed E-state index contributed by atoms with van der Waals surface area (Å²) in [5, 5.41) is 2.89. The number of hydrogen-bond acceptors (Lipinski definition) is 4. The monoisotopic (exact) mass is 403 g/mol. The van der Waals surface area contributed by atoms with E-state index in [0.29, 0.717) is 24.4 Å². The van der Waals surface area contributed by atoms with Gasteiger partial charge in [0.05, 0.1) is 5.75 Å². The first-order chi connectivity index (χ1) is 14.2. The average molecular weight is 404 g/mol. The van der Waals surface area contributed by atoms with Gasteiger partial charge in [-0.05, 0) is 41.0 Å². The number of aromatic nitrogens is 1. The van der Waals surface area contributed by atoms with Crippen molar-refractivity contribution in [2.75, 3.05) is 5.75 Å². The van der Waals surface area contributed by atoms with Crippen LogP contribution in [0.3, 0.4) is 0 Å². The number of benzene rings is 2. The Morgan fingerprint density at radius 3 is 2.45 bits per heavy atom. The highest BCUT2D eigenvalue weighted by Gasteiger charge is 2.32. The highest BCUT2D eigenvalue weighted by molar-refractivity contribution is 8.00. The summed E-state index contributed by atoms with van der Waals surface area (Å²) in [7, 11) is 0. The van der Waals surface area contributed by atoms with E-state index < -0.39 is 0 Å². The Hall–Kier alpha value is -3.12. The van der Waals surface area contributed by atoms with Crippen LogP contribution in [0.4, 0.5) is 0 Å². The third-order valence-electron chi connectivity index (χ3n) is 4.82. The summed E-state index contributed by atoms with van der Waals surface area (Å²) in [6.45, 7) is 1.05. The number of pyridine rings is 1. The topological polar surface area (TPSA) is 62.3 Å². The van der Waals surface area contributed by atoms with E-state index in [1.165, 1.54) is 0 Å². The maximum atomic E-state index is 12.4. The molecular formula is C23H21N3O2S. The molecule has 0 radical (unpaired) electrons. The Kier molecular flexibility index (Phi) is 5.91. The summed E-state index contributed by atoms with van der Waals surface area (Å²) in [5.74, 6) is 0.499. The number of rotatable bonds is 6. The molecule has 1 atom stereocenters. The van der Waals surface area contributed by atoms with Crippen LogP contribution in [0.25, 0.3) is 0 Å². The SMILES string of the molecule is O=C(NCc1ccncc1)c1ccc([C@H]2SCC(=O)N2Cc2ccccc2)cc1. The number of carbonyl (C=O) groups is 2. The first kappa shape index (κ1) is 19.2. The van der Waals surface area contributed by atoms with Crippen LogP contribution in [0.5, 0.6) is 0 Å². The molecule has 3 aromatic rings. The smallest absolute Gasteiger partial charge is 0.251 e. The van der Waals surface area contributed by atoms with E-state index in [-0.39, 0.29) is 17.2 Å². The second kappa shape index (κ2) is 8.92. The Balaban J connectivity index is 1.42. The van der Waals surface area contributed by atoms with Gasteiger partial charge in [-0.25, -0.2) is 0 Å². The molecule has 0 bridgehead atoms. The minimum atomic E-state index is -0.121. The van der Waals surface area contributed by atoms with Crippen molar-refractivity contribution in [3.05, 3.63) is 101 Å². The van der Waals surface area contributed by atoms with Gasteiger partial charge in [-0.3, -0.25) is 14.6 Å². The van der Waals surface area contributed by atoms with E-state index in [1.807, 2.05) is 71.6 Å². The molecule has 0 unspecified atom stereocenters. The zero-order valence-corrected chi connectivity index (χ0v) is 16.6. The molecule has 1 aromatic heterocycles. The highest BCUT2D eigenvalue weighted by Crippen LogP contribution is 2.39. The molecule has 1 aliphatic heterocycles. The van der Waals surface area contributed by atoms with Crippen molar-refractivity contribution in [2.24, 2.45) is 0 Å². The fourth-order valence-electron chi connectivity index (χ4n) is 3.27. The normalized spacial score (nSPS) is 16.1. The minimum Gasteiger partial charge on any atom is -0.348 e. The number of hydrogen-bond donors (Lipinski definition) is 1. The van der Waals surface area contributed by atoms with E-state index in [4.69, 9.17) is 0 Å². The molecule has 5 nitrogen and oxygen atoms in total. The van der Waals surface area contributed by atoms with Gasteiger partial charge in [0.2, 0.25) is 5.91 Å². The van der Waals surface area contributed by atoms with Gasteiger partial charge in [0.15, 0.2) is 0 Å². The molecule has 0 spiro atoms. The fourth-order valence-corrected chi connectivity index (χ4v) is 4.45. The molecule has 0 saturated carbocycles. The predicted octanol–water partition coefficient (Wildman–Crippen LogP) is 3.79. The Morgan fingerprint density at radius 2 is 1.72 bits per heavy atom. The molecule has 2 heterocycles. The van der Waals surface area contributed by atoms with E-state index in [2.05, 4.69) is 10.3 Å². The maximum absolute atomic E-state index is 12.4. The van der Waals surface area contributed by atoms with Crippen molar-refractivity contribution >= 4 is 23.6 Å². The van der Waals surface area contributed by atoms with Gasteiger partial charge in [0.1, 0.15) is 5.37 Å². The molecule has 4 rings (SSSR count). The predicted molar refractivity (Wildman–Crippen MR) is 114 cm³/mol. The van der Waals surface area contributed by atoms with Crippen LogP contribution in [0.2, 0.25) is 0 Å². The van der Waals surface area contributed by atoms with Crippen molar-refractivity contribution in [2.45, 2.75) is 18.5 Å². The van der Waals surface area contributed by atoms with Crippen LogP contribution in [-0.4, -0.2) is 27.5 Å². The van der Waals surface area contributed by atoms with Crippen LogP contribution in [0, 0.1) is 0 Å². The molecule has 1 fully saturated rings. The van der Waals surface area contributed by atoms with Crippen LogP contribution in [-0.2, 0) is 17.9 Å². The molecule has 6 heteroatoms. The van der Waals surface area contributed by atoms with E-state index >= 15 is 0 Å². The Bertz CT molecular complexity index is 978. The first-order valence-electron chi connectivity index (χ1n) is 9.43. The second-order valence-electron chi connectivity index (χ2n) is 6.83. The standard InChI is InChI=1S/C23H21N3O2S/c27-21-16-29-23(26(21)15-18-4-2-1-3-5-18)20-8-6-19(7-9-20)22(28)25-14-17-10-12-24-13-11-17/h1-13,23H,14-16H2,(H,25,28)/t23-/m1/s1. The van der Waals surface area contributed by atoms with Crippen LogP contribution < -0.4 is 5.32 Å². The van der Waals surface area contributed by atoms with Gasteiger partial charge >= 0.3 is 0 Å². The largest absolute Gasteiger partial charge is 0.348 e. The van der Waals surface area contributed by atoms with Gasteiger partial charge in [0.25, 0.3) is 5.91 Å². The minimum absolute atomic E-state index is 0.0309. The number of thioether (sulfide) groups is 1. The van der Waals surface area contributed by atoms with E-state index in [0.717, 1.165) is 16.7 Å².